The number of anilines is 3. The van der Waals surface area contributed by atoms with E-state index in [0.717, 1.165) is 36.4 Å². The molecule has 3 aromatic heterocycles. The van der Waals surface area contributed by atoms with Crippen molar-refractivity contribution in [3.63, 3.8) is 0 Å². The van der Waals surface area contributed by atoms with Crippen LogP contribution < -0.4 is 20.3 Å². The number of nitrogens with zero attached hydrogens (tertiary/aromatic N) is 7. The van der Waals surface area contributed by atoms with Crippen LogP contribution in [0, 0.1) is 19.3 Å². The lowest BCUT2D eigenvalue weighted by molar-refractivity contribution is 0.449. The van der Waals surface area contributed by atoms with Crippen LogP contribution in [-0.4, -0.2) is 50.0 Å². The molecular weight excluding hydrogens is 468 g/mol. The molecule has 3 aromatic rings. The van der Waals surface area contributed by atoms with Crippen molar-refractivity contribution in [2.75, 3.05) is 23.3 Å². The van der Waals surface area contributed by atoms with Crippen LogP contribution in [0.2, 0.25) is 5.02 Å². The van der Waals surface area contributed by atoms with Crippen LogP contribution in [-0.2, 0) is 7.05 Å². The maximum absolute atomic E-state index is 7.71. The van der Waals surface area contributed by atoms with Crippen molar-refractivity contribution in [1.82, 2.24) is 29.8 Å². The number of fused-ring (bicyclic) bond motifs is 1. The van der Waals surface area contributed by atoms with Gasteiger partial charge in [-0.3, -0.25) is 10.3 Å². The Morgan fingerprint density at radius 2 is 1.94 bits per heavy atom. The Kier molecular flexibility index (Phi) is 6.08. The second-order valence-electron chi connectivity index (χ2n) is 8.25. The van der Waals surface area contributed by atoms with Crippen molar-refractivity contribution < 1.29 is 4.74 Å². The van der Waals surface area contributed by atoms with Gasteiger partial charge in [-0.15, -0.1) is 0 Å². The molecule has 12 heteroatoms. The molecule has 5 heterocycles. The first kappa shape index (κ1) is 22.8. The lowest BCUT2D eigenvalue weighted by Gasteiger charge is -2.21. The van der Waals surface area contributed by atoms with Gasteiger partial charge >= 0.3 is 0 Å². The number of aromatic nitrogens is 5. The lowest BCUT2D eigenvalue weighted by atomic mass is 10.2. The van der Waals surface area contributed by atoms with Gasteiger partial charge in [0.25, 0.3) is 0 Å². The van der Waals surface area contributed by atoms with Gasteiger partial charge in [-0.05, 0) is 26.7 Å². The van der Waals surface area contributed by atoms with Gasteiger partial charge in [-0.2, -0.15) is 4.98 Å². The molecule has 35 heavy (non-hydrogen) atoms. The molecule has 0 aromatic carbocycles. The molecule has 3 N–H and O–H groups in total. The first-order valence-corrected chi connectivity index (χ1v) is 11.6. The van der Waals surface area contributed by atoms with Crippen molar-refractivity contribution in [1.29, 1.82) is 5.41 Å². The van der Waals surface area contributed by atoms with Crippen LogP contribution in [0.5, 0.6) is 5.75 Å². The fourth-order valence-corrected chi connectivity index (χ4v) is 4.60. The molecule has 0 unspecified atom stereocenters. The van der Waals surface area contributed by atoms with Crippen molar-refractivity contribution >= 4 is 52.8 Å². The molecule has 180 valence electrons. The number of aliphatic imine (C=N–C) groups is 1. The fraction of sp³-hybridized carbons (Fsp3) is 0.304. The van der Waals surface area contributed by atoms with Gasteiger partial charge in [-0.1, -0.05) is 11.6 Å². The van der Waals surface area contributed by atoms with Crippen molar-refractivity contribution in [2.24, 2.45) is 12.0 Å². The quantitative estimate of drug-likeness (QED) is 0.350. The SMILES string of the molecule is Cc1nc(Nc2nc3ncc(O/C(C=N)=C4\C=NC=CN4)c(Cl)c3n2C)nc(C)c1N1CCCC1. The van der Waals surface area contributed by atoms with E-state index in [-0.39, 0.29) is 5.76 Å². The van der Waals surface area contributed by atoms with E-state index in [1.54, 1.807) is 23.2 Å². The van der Waals surface area contributed by atoms with Gasteiger partial charge in [0.1, 0.15) is 16.2 Å². The number of ether oxygens (including phenoxy) is 1. The Hall–Kier alpha value is -3.99. The van der Waals surface area contributed by atoms with E-state index in [9.17, 15) is 0 Å². The summed E-state index contributed by atoms with van der Waals surface area (Å²) in [4.78, 5) is 24.7. The standard InChI is InChI=1S/C23H25ClN10O/c1-13-19(34-8-4-5-9-34)14(2)30-22(29-13)32-23-31-21-20(33(23)3)18(24)17(12-28-21)35-16(10-25)15-11-26-6-7-27-15/h6-7,10-12,25,27H,4-5,8-9H2,1-3H3,(H,28,29,30,31,32)/b16-15+,25-10?. The summed E-state index contributed by atoms with van der Waals surface area (Å²) >= 11 is 6.69. The van der Waals surface area contributed by atoms with Crippen LogP contribution in [0.15, 0.2) is 35.0 Å². The number of halogens is 1. The minimum absolute atomic E-state index is 0.249. The maximum Gasteiger partial charge on any atom is 0.230 e. The molecule has 5 rings (SSSR count). The van der Waals surface area contributed by atoms with E-state index in [1.807, 2.05) is 20.9 Å². The molecule has 0 spiro atoms. The third-order valence-corrected chi connectivity index (χ3v) is 6.27. The molecule has 1 fully saturated rings. The zero-order chi connectivity index (χ0) is 24.5. The third-order valence-electron chi connectivity index (χ3n) is 5.90. The molecule has 2 aliphatic heterocycles. The first-order valence-electron chi connectivity index (χ1n) is 11.2. The summed E-state index contributed by atoms with van der Waals surface area (Å²) in [6.45, 7) is 6.07. The van der Waals surface area contributed by atoms with Crippen LogP contribution >= 0.6 is 11.6 Å². The second-order valence-corrected chi connectivity index (χ2v) is 8.63. The van der Waals surface area contributed by atoms with Crippen molar-refractivity contribution in [3.05, 3.63) is 46.5 Å². The molecule has 0 bridgehead atoms. The molecule has 0 saturated carbocycles. The van der Waals surface area contributed by atoms with Crippen LogP contribution in [0.4, 0.5) is 17.6 Å². The monoisotopic (exact) mass is 492 g/mol. The summed E-state index contributed by atoms with van der Waals surface area (Å²) < 4.78 is 7.66. The summed E-state index contributed by atoms with van der Waals surface area (Å²) in [5, 5.41) is 14.2. The predicted molar refractivity (Wildman–Crippen MR) is 137 cm³/mol. The van der Waals surface area contributed by atoms with Crippen LogP contribution in [0.3, 0.4) is 0 Å². The van der Waals surface area contributed by atoms with Gasteiger partial charge in [0.2, 0.25) is 11.9 Å². The third kappa shape index (κ3) is 4.30. The number of allylic oxidation sites excluding steroid dienone is 2. The van der Waals surface area contributed by atoms with E-state index < -0.39 is 0 Å². The summed E-state index contributed by atoms with van der Waals surface area (Å²) in [6, 6.07) is 0. The average Bonchev–Trinajstić information content (AvgIpc) is 3.48. The highest BCUT2D eigenvalue weighted by Gasteiger charge is 2.21. The largest absolute Gasteiger partial charge is 0.450 e. The van der Waals surface area contributed by atoms with E-state index >= 15 is 0 Å². The molecule has 1 saturated heterocycles. The van der Waals surface area contributed by atoms with Gasteiger partial charge < -0.3 is 24.9 Å². The zero-order valence-electron chi connectivity index (χ0n) is 19.6. The minimum Gasteiger partial charge on any atom is -0.450 e. The first-order chi connectivity index (χ1) is 17.0. The molecule has 0 amide bonds. The minimum atomic E-state index is 0.249. The number of rotatable bonds is 6. The van der Waals surface area contributed by atoms with Crippen LogP contribution in [0.1, 0.15) is 24.2 Å². The highest BCUT2D eigenvalue weighted by molar-refractivity contribution is 6.36. The smallest absolute Gasteiger partial charge is 0.230 e. The number of imidazole rings is 1. The zero-order valence-corrected chi connectivity index (χ0v) is 20.4. The maximum atomic E-state index is 7.71. The van der Waals surface area contributed by atoms with E-state index in [0.29, 0.717) is 39.5 Å². The average molecular weight is 493 g/mol. The lowest BCUT2D eigenvalue weighted by Crippen LogP contribution is -2.21. The predicted octanol–water partition coefficient (Wildman–Crippen LogP) is 3.76. The van der Waals surface area contributed by atoms with E-state index in [4.69, 9.17) is 21.7 Å². The highest BCUT2D eigenvalue weighted by atomic mass is 35.5. The molecule has 11 nitrogen and oxygen atoms in total. The van der Waals surface area contributed by atoms with Gasteiger partial charge in [0.15, 0.2) is 17.2 Å². The molecule has 0 atom stereocenters. The Morgan fingerprint density at radius 1 is 1.20 bits per heavy atom. The van der Waals surface area contributed by atoms with Gasteiger partial charge in [0.05, 0.1) is 35.7 Å². The normalized spacial score (nSPS) is 16.5. The summed E-state index contributed by atoms with van der Waals surface area (Å²) in [5.41, 5.74) is 4.51. The number of pyridine rings is 1. The topological polar surface area (TPSA) is 129 Å². The molecule has 0 radical (unpaired) electrons. The van der Waals surface area contributed by atoms with E-state index in [2.05, 4.69) is 40.5 Å². The molecular formula is C23H25ClN10O. The van der Waals surface area contributed by atoms with Gasteiger partial charge in [-0.25, -0.2) is 15.0 Å². The Balaban J connectivity index is 1.45. The van der Waals surface area contributed by atoms with Crippen molar-refractivity contribution in [3.8, 4) is 5.75 Å². The number of hydrogen-bond acceptors (Lipinski definition) is 10. The number of hydrogen-bond donors (Lipinski definition) is 3. The van der Waals surface area contributed by atoms with Crippen molar-refractivity contribution in [2.45, 2.75) is 26.7 Å². The van der Waals surface area contributed by atoms with Gasteiger partial charge in [0, 0.05) is 32.5 Å². The molecule has 2 aliphatic rings. The molecule has 0 aliphatic carbocycles. The summed E-state index contributed by atoms with van der Waals surface area (Å²) in [5.74, 6) is 1.50. The highest BCUT2D eigenvalue weighted by Crippen LogP contribution is 2.34. The number of aryl methyl sites for hydroxylation is 3. The fourth-order valence-electron chi connectivity index (χ4n) is 4.30. The summed E-state index contributed by atoms with van der Waals surface area (Å²) in [6.07, 6.45) is 9.76. The second kappa shape index (κ2) is 9.34. The van der Waals surface area contributed by atoms with E-state index in [1.165, 1.54) is 19.0 Å². The number of nitrogens with one attached hydrogen (secondary N) is 3. The van der Waals surface area contributed by atoms with Crippen LogP contribution in [0.25, 0.3) is 11.2 Å². The Labute approximate surface area is 207 Å². The summed E-state index contributed by atoms with van der Waals surface area (Å²) in [7, 11) is 1.82. The Morgan fingerprint density at radius 3 is 2.60 bits per heavy atom. The Bertz CT molecular complexity index is 1380.